The van der Waals surface area contributed by atoms with Crippen LogP contribution < -0.4 is 10.0 Å². The Morgan fingerprint density at radius 3 is 1.96 bits per heavy atom. The number of halogens is 2. The third-order valence-corrected chi connectivity index (χ3v) is 4.99. The van der Waals surface area contributed by atoms with Gasteiger partial charge in [0.05, 0.1) is 4.90 Å². The minimum Gasteiger partial charge on any atom is -0.356 e. The second-order valence-corrected chi connectivity index (χ2v) is 7.39. The zero-order valence-corrected chi connectivity index (χ0v) is 14.5. The molecule has 2 N–H and O–H groups in total. The van der Waals surface area contributed by atoms with Crippen molar-refractivity contribution in [1.29, 1.82) is 0 Å². The number of hydrogen-bond acceptors (Lipinski definition) is 3. The Morgan fingerprint density at radius 2 is 1.36 bits per heavy atom. The molecule has 0 saturated carbocycles. The fourth-order valence-corrected chi connectivity index (χ4v) is 3.53. The minimum atomic E-state index is -3.71. The zero-order chi connectivity index (χ0) is 17.9. The summed E-state index contributed by atoms with van der Waals surface area (Å²) >= 11 is 5.84. The molecule has 0 aliphatic heterocycles. The van der Waals surface area contributed by atoms with Crippen molar-refractivity contribution in [2.24, 2.45) is 0 Å². The van der Waals surface area contributed by atoms with Gasteiger partial charge in [-0.2, -0.15) is 0 Å². The average Bonchev–Trinajstić information content (AvgIpc) is 2.58. The third kappa shape index (κ3) is 4.49. The molecule has 128 valence electrons. The van der Waals surface area contributed by atoms with E-state index in [1.165, 1.54) is 24.3 Å². The van der Waals surface area contributed by atoms with Crippen LogP contribution in [-0.2, 0) is 10.0 Å². The van der Waals surface area contributed by atoms with Gasteiger partial charge in [0.25, 0.3) is 10.0 Å². The van der Waals surface area contributed by atoms with Crippen LogP contribution in [0.25, 0.3) is 0 Å². The SMILES string of the molecule is O=S(=O)(Nc1ccc(Nc2ccc(F)cc2)cc1)c1cccc(Cl)c1. The van der Waals surface area contributed by atoms with E-state index < -0.39 is 10.0 Å². The summed E-state index contributed by atoms with van der Waals surface area (Å²) in [5.41, 5.74) is 1.90. The third-order valence-electron chi connectivity index (χ3n) is 3.38. The van der Waals surface area contributed by atoms with Crippen molar-refractivity contribution in [2.45, 2.75) is 4.90 Å². The van der Waals surface area contributed by atoms with Gasteiger partial charge in [0, 0.05) is 22.1 Å². The first-order valence-electron chi connectivity index (χ1n) is 7.33. The summed E-state index contributed by atoms with van der Waals surface area (Å²) in [6, 6.07) is 18.7. The van der Waals surface area contributed by atoms with Crippen molar-refractivity contribution in [3.8, 4) is 0 Å². The van der Waals surface area contributed by atoms with Crippen molar-refractivity contribution in [3.63, 3.8) is 0 Å². The molecule has 7 heteroatoms. The Bertz CT molecular complexity index is 975. The normalized spacial score (nSPS) is 11.1. The summed E-state index contributed by atoms with van der Waals surface area (Å²) in [4.78, 5) is 0.0912. The van der Waals surface area contributed by atoms with Crippen LogP contribution in [0, 0.1) is 5.82 Å². The van der Waals surface area contributed by atoms with E-state index in [1.807, 2.05) is 0 Å². The van der Waals surface area contributed by atoms with Crippen LogP contribution in [0.2, 0.25) is 5.02 Å². The molecule has 0 fully saturated rings. The predicted octanol–water partition coefficient (Wildman–Crippen LogP) is 5.02. The molecule has 0 spiro atoms. The van der Waals surface area contributed by atoms with E-state index in [-0.39, 0.29) is 10.7 Å². The standard InChI is InChI=1S/C18H14ClFN2O2S/c19-13-2-1-3-18(12-13)25(23,24)22-17-10-8-16(9-11-17)21-15-6-4-14(20)5-7-15/h1-12,21-22H. The van der Waals surface area contributed by atoms with Gasteiger partial charge in [-0.15, -0.1) is 0 Å². The van der Waals surface area contributed by atoms with E-state index in [0.29, 0.717) is 10.7 Å². The maximum atomic E-state index is 12.9. The lowest BCUT2D eigenvalue weighted by atomic mass is 10.2. The molecule has 0 atom stereocenters. The van der Waals surface area contributed by atoms with Crippen LogP contribution in [0.5, 0.6) is 0 Å². The Hall–Kier alpha value is -2.57. The molecule has 0 aromatic heterocycles. The van der Waals surface area contributed by atoms with Gasteiger partial charge in [-0.05, 0) is 66.7 Å². The van der Waals surface area contributed by atoms with Crippen molar-refractivity contribution in [3.05, 3.63) is 83.6 Å². The Balaban J connectivity index is 1.73. The van der Waals surface area contributed by atoms with Crippen LogP contribution in [0.4, 0.5) is 21.5 Å². The predicted molar refractivity (Wildman–Crippen MR) is 98.4 cm³/mol. The summed E-state index contributed by atoms with van der Waals surface area (Å²) in [6.45, 7) is 0. The molecule has 0 saturated heterocycles. The summed E-state index contributed by atoms with van der Waals surface area (Å²) in [6.07, 6.45) is 0. The van der Waals surface area contributed by atoms with E-state index in [9.17, 15) is 12.8 Å². The molecule has 0 bridgehead atoms. The molecule has 4 nitrogen and oxygen atoms in total. The second-order valence-electron chi connectivity index (χ2n) is 5.27. The van der Waals surface area contributed by atoms with E-state index in [0.717, 1.165) is 11.4 Å². The molecule has 25 heavy (non-hydrogen) atoms. The highest BCUT2D eigenvalue weighted by atomic mass is 35.5. The van der Waals surface area contributed by atoms with Crippen molar-refractivity contribution >= 4 is 38.7 Å². The Kier molecular flexibility index (Phi) is 4.92. The van der Waals surface area contributed by atoms with Crippen molar-refractivity contribution < 1.29 is 12.8 Å². The highest BCUT2D eigenvalue weighted by Gasteiger charge is 2.14. The van der Waals surface area contributed by atoms with Crippen LogP contribution in [0.3, 0.4) is 0 Å². The van der Waals surface area contributed by atoms with E-state index in [4.69, 9.17) is 11.6 Å². The van der Waals surface area contributed by atoms with Crippen LogP contribution in [0.1, 0.15) is 0 Å². The van der Waals surface area contributed by atoms with Gasteiger partial charge in [0.2, 0.25) is 0 Å². The van der Waals surface area contributed by atoms with Crippen molar-refractivity contribution in [1.82, 2.24) is 0 Å². The fourth-order valence-electron chi connectivity index (χ4n) is 2.17. The second kappa shape index (κ2) is 7.13. The average molecular weight is 377 g/mol. The molecule has 0 aliphatic rings. The topological polar surface area (TPSA) is 58.2 Å². The van der Waals surface area contributed by atoms with Crippen LogP contribution >= 0.6 is 11.6 Å². The number of nitrogens with one attached hydrogen (secondary N) is 2. The molecular weight excluding hydrogens is 363 g/mol. The number of rotatable bonds is 5. The van der Waals surface area contributed by atoms with Gasteiger partial charge < -0.3 is 5.32 Å². The molecule has 3 aromatic rings. The quantitative estimate of drug-likeness (QED) is 0.657. The monoisotopic (exact) mass is 376 g/mol. The molecule has 0 heterocycles. The van der Waals surface area contributed by atoms with Gasteiger partial charge in [-0.25, -0.2) is 12.8 Å². The highest BCUT2D eigenvalue weighted by Crippen LogP contribution is 2.22. The largest absolute Gasteiger partial charge is 0.356 e. The summed E-state index contributed by atoms with van der Waals surface area (Å²) in [5.74, 6) is -0.309. The number of anilines is 3. The first kappa shape index (κ1) is 17.3. The summed E-state index contributed by atoms with van der Waals surface area (Å²) < 4.78 is 40.1. The van der Waals surface area contributed by atoms with Gasteiger partial charge in [0.1, 0.15) is 5.82 Å². The lowest BCUT2D eigenvalue weighted by Crippen LogP contribution is -2.12. The van der Waals surface area contributed by atoms with Gasteiger partial charge in [0.15, 0.2) is 0 Å². The van der Waals surface area contributed by atoms with Gasteiger partial charge >= 0.3 is 0 Å². The van der Waals surface area contributed by atoms with E-state index in [2.05, 4.69) is 10.0 Å². The first-order chi connectivity index (χ1) is 11.9. The maximum absolute atomic E-state index is 12.9. The maximum Gasteiger partial charge on any atom is 0.261 e. The molecule has 3 rings (SSSR count). The molecule has 0 amide bonds. The van der Waals surface area contributed by atoms with Crippen LogP contribution in [0.15, 0.2) is 77.7 Å². The van der Waals surface area contributed by atoms with Gasteiger partial charge in [-0.1, -0.05) is 17.7 Å². The Labute approximate surface area is 150 Å². The van der Waals surface area contributed by atoms with E-state index >= 15 is 0 Å². The molecule has 3 aromatic carbocycles. The molecule has 0 radical (unpaired) electrons. The highest BCUT2D eigenvalue weighted by molar-refractivity contribution is 7.92. The van der Waals surface area contributed by atoms with E-state index in [1.54, 1.807) is 48.5 Å². The van der Waals surface area contributed by atoms with Gasteiger partial charge in [-0.3, -0.25) is 4.72 Å². The molecule has 0 unspecified atom stereocenters. The number of benzene rings is 3. The fraction of sp³-hybridized carbons (Fsp3) is 0. The van der Waals surface area contributed by atoms with Crippen molar-refractivity contribution in [2.75, 3.05) is 10.0 Å². The summed E-state index contributed by atoms with van der Waals surface area (Å²) in [7, 11) is -3.71. The molecular formula is C18H14ClFN2O2S. The minimum absolute atomic E-state index is 0.0912. The number of sulfonamides is 1. The smallest absolute Gasteiger partial charge is 0.261 e. The Morgan fingerprint density at radius 1 is 0.800 bits per heavy atom. The lowest BCUT2D eigenvalue weighted by Gasteiger charge is -2.10. The lowest BCUT2D eigenvalue weighted by molar-refractivity contribution is 0.601. The zero-order valence-electron chi connectivity index (χ0n) is 12.9. The molecule has 0 aliphatic carbocycles. The summed E-state index contributed by atoms with van der Waals surface area (Å²) in [5, 5.41) is 3.45. The number of hydrogen-bond donors (Lipinski definition) is 2. The first-order valence-corrected chi connectivity index (χ1v) is 9.19. The van der Waals surface area contributed by atoms with Crippen LogP contribution in [-0.4, -0.2) is 8.42 Å².